The summed E-state index contributed by atoms with van der Waals surface area (Å²) < 4.78 is 10.5. The van der Waals surface area contributed by atoms with Crippen molar-refractivity contribution in [2.45, 2.75) is 12.5 Å². The number of methoxy groups -OCH3 is 2. The molecule has 0 aliphatic carbocycles. The number of benzene rings is 2. The minimum absolute atomic E-state index is 0.187. The zero-order chi connectivity index (χ0) is 14.5. The number of phenols is 1. The quantitative estimate of drug-likeness (QED) is 0.880. The predicted molar refractivity (Wildman–Crippen MR) is 76.3 cm³/mol. The Hall–Kier alpha value is -2.20. The molecule has 0 aliphatic heterocycles. The Kier molecular flexibility index (Phi) is 4.48. The highest BCUT2D eigenvalue weighted by Gasteiger charge is 2.17. The fourth-order valence-corrected chi connectivity index (χ4v) is 2.19. The number of aliphatic hydroxyl groups is 1. The molecule has 0 heterocycles. The van der Waals surface area contributed by atoms with Crippen molar-refractivity contribution in [2.24, 2.45) is 0 Å². The van der Waals surface area contributed by atoms with Crippen molar-refractivity contribution in [1.82, 2.24) is 0 Å². The molecule has 2 rings (SSSR count). The smallest absolute Gasteiger partial charge is 0.166 e. The molecule has 2 aromatic carbocycles. The first-order valence-electron chi connectivity index (χ1n) is 6.32. The Morgan fingerprint density at radius 2 is 1.80 bits per heavy atom. The number of aromatic hydroxyl groups is 1. The molecule has 0 radical (unpaired) electrons. The van der Waals surface area contributed by atoms with Crippen LogP contribution in [0.15, 0.2) is 42.5 Å². The third-order valence-corrected chi connectivity index (χ3v) is 3.13. The largest absolute Gasteiger partial charge is 0.508 e. The summed E-state index contributed by atoms with van der Waals surface area (Å²) in [7, 11) is 3.10. The Labute approximate surface area is 118 Å². The molecule has 0 saturated heterocycles. The van der Waals surface area contributed by atoms with Crippen molar-refractivity contribution in [1.29, 1.82) is 0 Å². The predicted octanol–water partition coefficient (Wildman–Crippen LogP) is 2.69. The number of hydrogen-bond acceptors (Lipinski definition) is 4. The van der Waals surface area contributed by atoms with Gasteiger partial charge in [0.2, 0.25) is 0 Å². The van der Waals surface area contributed by atoms with E-state index >= 15 is 0 Å². The van der Waals surface area contributed by atoms with E-state index in [4.69, 9.17) is 9.47 Å². The minimum atomic E-state index is -0.734. The highest BCUT2D eigenvalue weighted by atomic mass is 16.5. The van der Waals surface area contributed by atoms with Gasteiger partial charge >= 0.3 is 0 Å². The van der Waals surface area contributed by atoms with Crippen molar-refractivity contribution in [3.8, 4) is 17.2 Å². The summed E-state index contributed by atoms with van der Waals surface area (Å²) >= 11 is 0. The first-order chi connectivity index (χ1) is 9.65. The molecule has 1 unspecified atom stereocenters. The fraction of sp³-hybridized carbons (Fsp3) is 0.250. The Morgan fingerprint density at radius 1 is 1.05 bits per heavy atom. The normalized spacial score (nSPS) is 11.9. The van der Waals surface area contributed by atoms with E-state index < -0.39 is 6.10 Å². The number of ether oxygens (including phenoxy) is 2. The first-order valence-corrected chi connectivity index (χ1v) is 6.32. The third kappa shape index (κ3) is 3.03. The van der Waals surface area contributed by atoms with E-state index in [0.717, 1.165) is 5.56 Å². The maximum atomic E-state index is 10.4. The SMILES string of the molecule is COc1cccc(C(O)Cc2cccc(O)c2)c1OC. The van der Waals surface area contributed by atoms with Crippen molar-refractivity contribution in [3.05, 3.63) is 53.6 Å². The van der Waals surface area contributed by atoms with Gasteiger partial charge in [-0.3, -0.25) is 0 Å². The van der Waals surface area contributed by atoms with E-state index in [1.807, 2.05) is 12.1 Å². The van der Waals surface area contributed by atoms with E-state index in [-0.39, 0.29) is 5.75 Å². The van der Waals surface area contributed by atoms with Gasteiger partial charge in [0.05, 0.1) is 20.3 Å². The number of phenolic OH excluding ortho intramolecular Hbond substituents is 1. The van der Waals surface area contributed by atoms with Gasteiger partial charge in [-0.1, -0.05) is 24.3 Å². The molecular weight excluding hydrogens is 256 g/mol. The lowest BCUT2D eigenvalue weighted by atomic mass is 10.00. The highest BCUT2D eigenvalue weighted by Crippen LogP contribution is 2.35. The lowest BCUT2D eigenvalue weighted by Crippen LogP contribution is -2.05. The van der Waals surface area contributed by atoms with Gasteiger partial charge in [-0.05, 0) is 23.8 Å². The summed E-state index contributed by atoms with van der Waals surface area (Å²) in [5, 5.41) is 19.8. The third-order valence-electron chi connectivity index (χ3n) is 3.13. The number of aliphatic hydroxyl groups excluding tert-OH is 1. The van der Waals surface area contributed by atoms with E-state index in [0.29, 0.717) is 23.5 Å². The van der Waals surface area contributed by atoms with Crippen LogP contribution >= 0.6 is 0 Å². The maximum Gasteiger partial charge on any atom is 0.166 e. The summed E-state index contributed by atoms with van der Waals surface area (Å²) in [4.78, 5) is 0. The monoisotopic (exact) mass is 274 g/mol. The molecule has 0 aromatic heterocycles. The standard InChI is InChI=1S/C16H18O4/c1-19-15-8-4-7-13(16(15)20-2)14(18)10-11-5-3-6-12(17)9-11/h3-9,14,17-18H,10H2,1-2H3. The molecule has 0 amide bonds. The van der Waals surface area contributed by atoms with E-state index in [2.05, 4.69) is 0 Å². The van der Waals surface area contributed by atoms with E-state index in [9.17, 15) is 10.2 Å². The van der Waals surface area contributed by atoms with Crippen molar-refractivity contribution >= 4 is 0 Å². The van der Waals surface area contributed by atoms with Crippen LogP contribution in [-0.4, -0.2) is 24.4 Å². The molecule has 1 atom stereocenters. The Morgan fingerprint density at radius 3 is 2.45 bits per heavy atom. The average Bonchev–Trinajstić information content (AvgIpc) is 2.46. The number of rotatable bonds is 5. The number of para-hydroxylation sites is 1. The zero-order valence-electron chi connectivity index (χ0n) is 11.5. The van der Waals surface area contributed by atoms with Gasteiger partial charge in [0.25, 0.3) is 0 Å². The molecule has 4 nitrogen and oxygen atoms in total. The summed E-state index contributed by atoms with van der Waals surface area (Å²) in [6.45, 7) is 0. The van der Waals surface area contributed by atoms with Crippen LogP contribution in [0.4, 0.5) is 0 Å². The van der Waals surface area contributed by atoms with Crippen LogP contribution < -0.4 is 9.47 Å². The molecule has 0 spiro atoms. The summed E-state index contributed by atoms with van der Waals surface area (Å²) in [5.41, 5.74) is 1.51. The number of hydrogen-bond donors (Lipinski definition) is 2. The van der Waals surface area contributed by atoms with Crippen LogP contribution in [0.1, 0.15) is 17.2 Å². The lowest BCUT2D eigenvalue weighted by Gasteiger charge is -2.17. The summed E-state index contributed by atoms with van der Waals surface area (Å²) in [6.07, 6.45) is -0.348. The molecule has 0 saturated carbocycles. The second kappa shape index (κ2) is 6.30. The van der Waals surface area contributed by atoms with Gasteiger partial charge in [0, 0.05) is 12.0 Å². The molecular formula is C16H18O4. The molecule has 0 bridgehead atoms. The highest BCUT2D eigenvalue weighted by molar-refractivity contribution is 5.48. The second-order valence-corrected chi connectivity index (χ2v) is 4.47. The van der Waals surface area contributed by atoms with Gasteiger partial charge in [0.1, 0.15) is 5.75 Å². The first kappa shape index (κ1) is 14.2. The van der Waals surface area contributed by atoms with E-state index in [1.54, 1.807) is 44.6 Å². The molecule has 106 valence electrons. The molecule has 2 aromatic rings. The van der Waals surface area contributed by atoms with Crippen LogP contribution in [0.5, 0.6) is 17.2 Å². The Bertz CT molecular complexity index is 580. The van der Waals surface area contributed by atoms with Crippen molar-refractivity contribution < 1.29 is 19.7 Å². The van der Waals surface area contributed by atoms with Crippen LogP contribution in [-0.2, 0) is 6.42 Å². The van der Waals surface area contributed by atoms with Gasteiger partial charge in [-0.25, -0.2) is 0 Å². The average molecular weight is 274 g/mol. The maximum absolute atomic E-state index is 10.4. The van der Waals surface area contributed by atoms with Gasteiger partial charge < -0.3 is 19.7 Å². The van der Waals surface area contributed by atoms with Crippen LogP contribution in [0.2, 0.25) is 0 Å². The summed E-state index contributed by atoms with van der Waals surface area (Å²) in [6, 6.07) is 12.2. The lowest BCUT2D eigenvalue weighted by molar-refractivity contribution is 0.173. The molecule has 2 N–H and O–H groups in total. The molecule has 4 heteroatoms. The van der Waals surface area contributed by atoms with Crippen molar-refractivity contribution in [2.75, 3.05) is 14.2 Å². The second-order valence-electron chi connectivity index (χ2n) is 4.47. The van der Waals surface area contributed by atoms with Gasteiger partial charge in [0.15, 0.2) is 11.5 Å². The molecule has 0 aliphatic rings. The van der Waals surface area contributed by atoms with Gasteiger partial charge in [-0.2, -0.15) is 0 Å². The summed E-state index contributed by atoms with van der Waals surface area (Å²) in [5.74, 6) is 1.30. The molecule has 0 fully saturated rings. The van der Waals surface area contributed by atoms with Gasteiger partial charge in [-0.15, -0.1) is 0 Å². The minimum Gasteiger partial charge on any atom is -0.508 e. The zero-order valence-corrected chi connectivity index (χ0v) is 11.5. The fourth-order valence-electron chi connectivity index (χ4n) is 2.19. The van der Waals surface area contributed by atoms with Crippen LogP contribution in [0, 0.1) is 0 Å². The van der Waals surface area contributed by atoms with Crippen molar-refractivity contribution in [3.63, 3.8) is 0 Å². The molecule has 20 heavy (non-hydrogen) atoms. The topological polar surface area (TPSA) is 58.9 Å². The van der Waals surface area contributed by atoms with Crippen LogP contribution in [0.3, 0.4) is 0 Å². The van der Waals surface area contributed by atoms with Crippen LogP contribution in [0.25, 0.3) is 0 Å². The Balaban J connectivity index is 2.27. The van der Waals surface area contributed by atoms with E-state index in [1.165, 1.54) is 0 Å².